The van der Waals surface area contributed by atoms with E-state index in [0.717, 1.165) is 5.56 Å². The Morgan fingerprint density at radius 3 is 2.10 bits per heavy atom. The van der Waals surface area contributed by atoms with Gasteiger partial charge in [0.25, 0.3) is 10.1 Å². The molecule has 0 amide bonds. The van der Waals surface area contributed by atoms with Gasteiger partial charge in [-0.3, -0.25) is 4.18 Å². The fourth-order valence-corrected chi connectivity index (χ4v) is 10.0. The Kier molecular flexibility index (Phi) is 7.49. The van der Waals surface area contributed by atoms with Gasteiger partial charge in [-0.05, 0) is 41.6 Å². The number of hydrogen-bond donors (Lipinski definition) is 0. The van der Waals surface area contributed by atoms with Gasteiger partial charge in [-0.1, -0.05) is 64.4 Å². The van der Waals surface area contributed by atoms with E-state index in [2.05, 4.69) is 58.2 Å². The van der Waals surface area contributed by atoms with E-state index in [0.29, 0.717) is 28.1 Å². The van der Waals surface area contributed by atoms with Crippen LogP contribution < -0.4 is 0 Å². The molecule has 0 N–H and O–H groups in total. The molecule has 0 aliphatic rings. The highest BCUT2D eigenvalue weighted by molar-refractivity contribution is 7.86. The van der Waals surface area contributed by atoms with Crippen molar-refractivity contribution < 1.29 is 17.1 Å². The molecule has 2 aromatic rings. The highest BCUT2D eigenvalue weighted by Gasteiger charge is 2.41. The van der Waals surface area contributed by atoms with Crippen LogP contribution in [0.25, 0.3) is 0 Å². The summed E-state index contributed by atoms with van der Waals surface area (Å²) in [5, 5.41) is 3.91. The van der Waals surface area contributed by atoms with Crippen LogP contribution >= 0.6 is 0 Å². The first-order chi connectivity index (χ1) is 13.5. The van der Waals surface area contributed by atoms with Gasteiger partial charge in [-0.2, -0.15) is 8.42 Å². The number of rotatable bonds is 7. The fourth-order valence-electron chi connectivity index (χ4n) is 3.95. The maximum absolute atomic E-state index is 12.3. The van der Waals surface area contributed by atoms with Gasteiger partial charge >= 0.3 is 0 Å². The third kappa shape index (κ3) is 5.38. The monoisotopic (exact) mass is 433 g/mol. The number of benzene rings is 1. The zero-order valence-electron chi connectivity index (χ0n) is 18.3. The van der Waals surface area contributed by atoms with Crippen molar-refractivity contribution in [3.05, 3.63) is 47.3 Å². The molecule has 0 atom stereocenters. The van der Waals surface area contributed by atoms with Crippen LogP contribution in [0, 0.1) is 18.4 Å². The molecule has 158 valence electrons. The number of nitrogens with zero attached hydrogens (tertiary/aromatic N) is 1. The molecule has 5 nitrogen and oxygen atoms in total. The first-order valence-electron chi connectivity index (χ1n) is 9.94. The van der Waals surface area contributed by atoms with E-state index in [1.54, 1.807) is 18.2 Å². The van der Waals surface area contributed by atoms with E-state index in [-0.39, 0.29) is 11.5 Å². The molecule has 0 aliphatic heterocycles. The Hall–Kier alpha value is -1.88. The van der Waals surface area contributed by atoms with Crippen molar-refractivity contribution in [3.63, 3.8) is 0 Å². The average molecular weight is 434 g/mol. The summed E-state index contributed by atoms with van der Waals surface area (Å²) in [7, 11) is -5.72. The molecule has 2 rings (SSSR count). The first kappa shape index (κ1) is 23.4. The van der Waals surface area contributed by atoms with Gasteiger partial charge in [0.1, 0.15) is 20.4 Å². The van der Waals surface area contributed by atoms with E-state index in [4.69, 9.17) is 8.71 Å². The van der Waals surface area contributed by atoms with Crippen LogP contribution in [-0.4, -0.2) is 21.6 Å². The summed E-state index contributed by atoms with van der Waals surface area (Å²) in [6.45, 7) is 15.2. The van der Waals surface area contributed by atoms with Gasteiger partial charge in [0, 0.05) is 6.07 Å². The molecule has 1 heterocycles. The lowest BCUT2D eigenvalue weighted by Crippen LogP contribution is -2.43. The Labute approximate surface area is 176 Å². The summed E-state index contributed by atoms with van der Waals surface area (Å²) in [4.78, 5) is 0.119. The van der Waals surface area contributed by atoms with E-state index in [9.17, 15) is 8.42 Å². The van der Waals surface area contributed by atoms with Crippen LogP contribution in [0.2, 0.25) is 16.6 Å². The summed E-state index contributed by atoms with van der Waals surface area (Å²) in [6, 6.07) is 8.16. The van der Waals surface area contributed by atoms with Crippen molar-refractivity contribution >= 4 is 18.2 Å². The highest BCUT2D eigenvalue weighted by atomic mass is 32.2. The molecule has 0 radical (unpaired) electrons. The van der Waals surface area contributed by atoms with Gasteiger partial charge in [0.15, 0.2) is 0 Å². The zero-order chi connectivity index (χ0) is 21.8. The van der Waals surface area contributed by atoms with Gasteiger partial charge in [0.05, 0.1) is 4.90 Å². The molecular weight excluding hydrogens is 402 g/mol. The minimum Gasteiger partial charge on any atom is -0.347 e. The topological polar surface area (TPSA) is 69.4 Å². The minimum absolute atomic E-state index is 0.119. The molecule has 0 spiro atoms. The average Bonchev–Trinajstić information content (AvgIpc) is 3.08. The van der Waals surface area contributed by atoms with Crippen LogP contribution in [0.4, 0.5) is 0 Å². The molecule has 0 bridgehead atoms. The van der Waals surface area contributed by atoms with Crippen LogP contribution in [0.15, 0.2) is 39.8 Å². The molecule has 0 aliphatic carbocycles. The lowest BCUT2D eigenvalue weighted by molar-refractivity contribution is 0.292. The maximum Gasteiger partial charge on any atom is 0.297 e. The third-order valence-electron chi connectivity index (χ3n) is 5.50. The second kappa shape index (κ2) is 9.29. The number of hydrogen-bond acceptors (Lipinski definition) is 5. The van der Waals surface area contributed by atoms with Gasteiger partial charge in [-0.15, -0.1) is 5.54 Å². The zero-order valence-corrected chi connectivity index (χ0v) is 20.1. The summed E-state index contributed by atoms with van der Waals surface area (Å²) >= 11 is 0. The Morgan fingerprint density at radius 1 is 1.03 bits per heavy atom. The third-order valence-corrected chi connectivity index (χ3v) is 13.1. The van der Waals surface area contributed by atoms with E-state index in [1.165, 1.54) is 12.1 Å². The minimum atomic E-state index is -3.85. The molecule has 29 heavy (non-hydrogen) atoms. The van der Waals surface area contributed by atoms with E-state index < -0.39 is 18.2 Å². The van der Waals surface area contributed by atoms with Crippen molar-refractivity contribution in [2.45, 2.75) is 76.6 Å². The van der Waals surface area contributed by atoms with Gasteiger partial charge in [0.2, 0.25) is 5.76 Å². The van der Waals surface area contributed by atoms with E-state index in [1.807, 2.05) is 6.92 Å². The SMILES string of the molecule is Cc1ccc(S(=O)(=O)OCc2cc(C#C[Si](C(C)C)(C(C)C)C(C)C)on2)cc1. The van der Waals surface area contributed by atoms with E-state index >= 15 is 0 Å². The molecule has 1 aromatic heterocycles. The predicted molar refractivity (Wildman–Crippen MR) is 118 cm³/mol. The summed E-state index contributed by atoms with van der Waals surface area (Å²) in [5.41, 5.74) is 6.48. The Balaban J connectivity index is 2.16. The molecule has 0 saturated carbocycles. The Bertz CT molecular complexity index is 958. The van der Waals surface area contributed by atoms with Crippen LogP contribution in [0.5, 0.6) is 0 Å². The lowest BCUT2D eigenvalue weighted by atomic mass is 10.2. The molecule has 7 heteroatoms. The number of aromatic nitrogens is 1. The summed E-state index contributed by atoms with van der Waals surface area (Å²) < 4.78 is 35.0. The van der Waals surface area contributed by atoms with Crippen molar-refractivity contribution in [2.24, 2.45) is 0 Å². The molecule has 0 fully saturated rings. The predicted octanol–water partition coefficient (Wildman–Crippen LogP) is 5.46. The molecule has 1 aromatic carbocycles. The molecule has 0 saturated heterocycles. The summed E-state index contributed by atoms with van der Waals surface area (Å²) in [6.07, 6.45) is 0. The standard InChI is InChI=1S/C22H31NO4SSi/c1-16(2)29(17(3)4,18(5)6)13-12-21-14-20(23-27-21)15-26-28(24,25)22-10-8-19(7)9-11-22/h8-11,14,16-18H,15H2,1-7H3. The highest BCUT2D eigenvalue weighted by Crippen LogP contribution is 2.40. The summed E-state index contributed by atoms with van der Waals surface area (Å²) in [5.74, 6) is 3.60. The lowest BCUT2D eigenvalue weighted by Gasteiger charge is -2.37. The maximum atomic E-state index is 12.3. The van der Waals surface area contributed by atoms with Crippen molar-refractivity contribution in [1.29, 1.82) is 0 Å². The second-order valence-corrected chi connectivity index (χ2v) is 15.6. The normalized spacial score (nSPS) is 12.5. The van der Waals surface area contributed by atoms with Crippen molar-refractivity contribution in [3.8, 4) is 11.5 Å². The van der Waals surface area contributed by atoms with Gasteiger partial charge < -0.3 is 4.52 Å². The Morgan fingerprint density at radius 2 is 1.59 bits per heavy atom. The van der Waals surface area contributed by atoms with Gasteiger partial charge in [-0.25, -0.2) is 0 Å². The molecular formula is C22H31NO4SSi. The van der Waals surface area contributed by atoms with Crippen LogP contribution in [0.1, 0.15) is 58.6 Å². The molecule has 0 unspecified atom stereocenters. The van der Waals surface area contributed by atoms with Crippen molar-refractivity contribution in [1.82, 2.24) is 5.16 Å². The van der Waals surface area contributed by atoms with Crippen molar-refractivity contribution in [2.75, 3.05) is 0 Å². The largest absolute Gasteiger partial charge is 0.347 e. The van der Waals surface area contributed by atoms with Crippen LogP contribution in [-0.2, 0) is 20.9 Å². The fraction of sp³-hybridized carbons (Fsp3) is 0.500. The quantitative estimate of drug-likeness (QED) is 0.329. The smallest absolute Gasteiger partial charge is 0.297 e. The number of aryl methyl sites for hydroxylation is 1. The first-order valence-corrected chi connectivity index (χ1v) is 13.6. The second-order valence-electron chi connectivity index (χ2n) is 8.36. The van der Waals surface area contributed by atoms with Crippen LogP contribution in [0.3, 0.4) is 0 Å².